The van der Waals surface area contributed by atoms with Gasteiger partial charge in [0, 0.05) is 13.2 Å². The molecule has 0 aromatic heterocycles. The third-order valence-electron chi connectivity index (χ3n) is 0.354. The normalized spacial score (nSPS) is 10.0. The van der Waals surface area contributed by atoms with Crippen molar-refractivity contribution in [2.45, 2.75) is 6.92 Å². The highest BCUT2D eigenvalue weighted by atomic mass is 32.2. The Morgan fingerprint density at radius 1 is 1.57 bits per heavy atom. The molecule has 0 rings (SSSR count). The summed E-state index contributed by atoms with van der Waals surface area (Å²) in [5, 5.41) is 0. The van der Waals surface area contributed by atoms with Gasteiger partial charge >= 0.3 is 0 Å². The summed E-state index contributed by atoms with van der Waals surface area (Å²) in [5.74, 6) is -0.312. The second-order valence-electron chi connectivity index (χ2n) is 0.846. The van der Waals surface area contributed by atoms with Crippen LogP contribution in [0.1, 0.15) is 6.92 Å². The van der Waals surface area contributed by atoms with Crippen LogP contribution in [-0.4, -0.2) is 18.7 Å². The van der Waals surface area contributed by atoms with Crippen molar-refractivity contribution in [2.75, 3.05) is 5.75 Å². The van der Waals surface area contributed by atoms with Crippen molar-refractivity contribution in [3.8, 4) is 0 Å². The predicted molar refractivity (Wildman–Crippen MR) is 26.7 cm³/mol. The van der Waals surface area contributed by atoms with E-state index in [9.17, 15) is 13.0 Å². The van der Waals surface area contributed by atoms with E-state index in [1.165, 1.54) is 6.92 Å². The molecule has 0 bridgehead atoms. The minimum atomic E-state index is -3.91. The van der Waals surface area contributed by atoms with Crippen molar-refractivity contribution in [3.05, 3.63) is 7.43 Å². The van der Waals surface area contributed by atoms with Crippen LogP contribution in [0.15, 0.2) is 0 Å². The molecule has 4 heteroatoms. The first-order valence-corrected chi connectivity index (χ1v) is 3.07. The fraction of sp³-hybridized carbons (Fsp3) is 0.667. The molecule has 0 aromatic rings. The summed E-state index contributed by atoms with van der Waals surface area (Å²) in [5.41, 5.74) is 0. The van der Waals surface area contributed by atoms with E-state index in [0.29, 0.717) is 0 Å². The van der Waals surface area contributed by atoms with Crippen LogP contribution in [0.25, 0.3) is 0 Å². The van der Waals surface area contributed by atoms with Crippen LogP contribution in [0.4, 0.5) is 0 Å². The monoisotopic (exact) mass is 124 g/mol. The van der Waals surface area contributed by atoms with Gasteiger partial charge in [0.25, 0.3) is 0 Å². The van der Waals surface area contributed by atoms with E-state index in [1.54, 1.807) is 0 Å². The van der Waals surface area contributed by atoms with Gasteiger partial charge in [-0.3, -0.25) is 0 Å². The molecule has 0 saturated heterocycles. The van der Waals surface area contributed by atoms with Gasteiger partial charge in [0.15, 0.2) is 0 Å². The van der Waals surface area contributed by atoms with Crippen LogP contribution < -0.4 is 0 Å². The lowest BCUT2D eigenvalue weighted by Crippen LogP contribution is -1.98. The van der Waals surface area contributed by atoms with Gasteiger partial charge in [-0.1, -0.05) is 6.92 Å². The van der Waals surface area contributed by atoms with Gasteiger partial charge in [-0.25, -0.2) is 8.42 Å². The summed E-state index contributed by atoms with van der Waals surface area (Å²) in [6, 6.07) is 0. The Labute approximate surface area is 44.1 Å². The van der Waals surface area contributed by atoms with Crippen LogP contribution in [0.3, 0.4) is 0 Å². The summed E-state index contributed by atoms with van der Waals surface area (Å²) in [4.78, 5) is 0. The standard InChI is InChI=1S/C2H6O3S.CH3/c1-2-6(3,4)5;/h2H2,1H3,(H,3,4,5);1H3/q;+1/p-1. The number of hydrogen-bond donors (Lipinski definition) is 0. The lowest BCUT2D eigenvalue weighted by atomic mass is 11.0. The van der Waals surface area contributed by atoms with E-state index in [-0.39, 0.29) is 13.2 Å². The molecule has 0 radical (unpaired) electrons. The molecule has 44 valence electrons. The van der Waals surface area contributed by atoms with E-state index in [4.69, 9.17) is 0 Å². The van der Waals surface area contributed by atoms with Crippen molar-refractivity contribution < 1.29 is 13.0 Å². The van der Waals surface area contributed by atoms with Crippen LogP contribution in [0, 0.1) is 7.43 Å². The average molecular weight is 124 g/mol. The molecule has 0 N–H and O–H groups in total. The third kappa shape index (κ3) is 10.7. The molecule has 0 heterocycles. The largest absolute Gasteiger partial charge is 0.748 e. The van der Waals surface area contributed by atoms with Gasteiger partial charge in [-0.05, 0) is 0 Å². The van der Waals surface area contributed by atoms with Crippen LogP contribution in [-0.2, 0) is 10.1 Å². The molecule has 3 nitrogen and oxygen atoms in total. The molecule has 0 spiro atoms. The predicted octanol–water partition coefficient (Wildman–Crippen LogP) is 0.00179. The lowest BCUT2D eigenvalue weighted by molar-refractivity contribution is 0.464. The number of rotatable bonds is 1. The second kappa shape index (κ2) is 2.87. The van der Waals surface area contributed by atoms with Crippen molar-refractivity contribution >= 4 is 10.1 Å². The van der Waals surface area contributed by atoms with Crippen LogP contribution >= 0.6 is 0 Å². The Balaban J connectivity index is 0. The van der Waals surface area contributed by atoms with E-state index in [1.807, 2.05) is 0 Å². The van der Waals surface area contributed by atoms with E-state index in [2.05, 4.69) is 0 Å². The molecular weight excluding hydrogens is 116 g/mol. The molecule has 0 fully saturated rings. The molecule has 0 aromatic carbocycles. The van der Waals surface area contributed by atoms with Gasteiger partial charge < -0.3 is 4.55 Å². The molecular formula is C3H8O3S. The molecule has 7 heavy (non-hydrogen) atoms. The first-order valence-electron chi connectivity index (χ1n) is 1.50. The first-order chi connectivity index (χ1) is 2.56. The zero-order chi connectivity index (χ0) is 5.21. The Morgan fingerprint density at radius 2 is 1.71 bits per heavy atom. The first kappa shape index (κ1) is 9.91. The lowest BCUT2D eigenvalue weighted by Gasteiger charge is -1.97. The maximum atomic E-state index is 9.44. The van der Waals surface area contributed by atoms with Crippen molar-refractivity contribution in [2.24, 2.45) is 0 Å². The van der Waals surface area contributed by atoms with Crippen LogP contribution in [0.2, 0.25) is 0 Å². The SMILES string of the molecule is CCS(=O)(=O)[O-].[CH3+]. The maximum absolute atomic E-state index is 9.44. The minimum absolute atomic E-state index is 0. The van der Waals surface area contributed by atoms with Crippen molar-refractivity contribution in [1.82, 2.24) is 0 Å². The zero-order valence-corrected chi connectivity index (χ0v) is 5.16. The van der Waals surface area contributed by atoms with Gasteiger partial charge in [-0.2, -0.15) is 0 Å². The minimum Gasteiger partial charge on any atom is -0.748 e. The van der Waals surface area contributed by atoms with Crippen molar-refractivity contribution in [1.29, 1.82) is 0 Å². The molecule has 0 saturated carbocycles. The third-order valence-corrected chi connectivity index (χ3v) is 1.06. The molecule has 0 aliphatic heterocycles. The fourth-order valence-corrected chi connectivity index (χ4v) is 0. The molecule has 0 amide bonds. The fourth-order valence-electron chi connectivity index (χ4n) is 0. The highest BCUT2D eigenvalue weighted by Gasteiger charge is 1.80. The Morgan fingerprint density at radius 3 is 1.71 bits per heavy atom. The topological polar surface area (TPSA) is 57.2 Å². The van der Waals surface area contributed by atoms with E-state index < -0.39 is 10.1 Å². The van der Waals surface area contributed by atoms with Gasteiger partial charge in [0.2, 0.25) is 0 Å². The molecule has 0 atom stereocenters. The number of hydrogen-bond acceptors (Lipinski definition) is 3. The summed E-state index contributed by atoms with van der Waals surface area (Å²) in [7, 11) is -3.91. The van der Waals surface area contributed by atoms with Crippen molar-refractivity contribution in [3.63, 3.8) is 0 Å². The van der Waals surface area contributed by atoms with Gasteiger partial charge in [-0.15, -0.1) is 0 Å². The Bertz CT molecular complexity index is 112. The summed E-state index contributed by atoms with van der Waals surface area (Å²) >= 11 is 0. The summed E-state index contributed by atoms with van der Waals surface area (Å²) in [6.07, 6.45) is 0. The molecule has 0 aliphatic carbocycles. The van der Waals surface area contributed by atoms with Gasteiger partial charge in [0.1, 0.15) is 0 Å². The highest BCUT2D eigenvalue weighted by molar-refractivity contribution is 7.85. The van der Waals surface area contributed by atoms with E-state index >= 15 is 0 Å². The average Bonchev–Trinajstić information content (AvgIpc) is 1.35. The summed E-state index contributed by atoms with van der Waals surface area (Å²) < 4.78 is 28.3. The molecule has 0 aliphatic rings. The van der Waals surface area contributed by atoms with Crippen LogP contribution in [0.5, 0.6) is 0 Å². The Hall–Kier alpha value is -0.220. The zero-order valence-electron chi connectivity index (χ0n) is 4.34. The highest BCUT2D eigenvalue weighted by Crippen LogP contribution is 1.73. The smallest absolute Gasteiger partial charge is 0.0943 e. The summed E-state index contributed by atoms with van der Waals surface area (Å²) in [6.45, 7) is 1.31. The van der Waals surface area contributed by atoms with Gasteiger partial charge in [0.05, 0.1) is 10.1 Å². The Kier molecular flexibility index (Phi) is 4.07. The molecule has 0 unspecified atom stereocenters. The quantitative estimate of drug-likeness (QED) is 0.365. The maximum Gasteiger partial charge on any atom is 0.0943 e. The second-order valence-corrected chi connectivity index (χ2v) is 2.54. The van der Waals surface area contributed by atoms with E-state index in [0.717, 1.165) is 0 Å².